The van der Waals surface area contributed by atoms with Crippen molar-refractivity contribution in [2.24, 2.45) is 5.14 Å². The highest BCUT2D eigenvalue weighted by Crippen LogP contribution is 2.10. The summed E-state index contributed by atoms with van der Waals surface area (Å²) < 4.78 is 1.87. The number of rotatable bonds is 3. The molecule has 11 heavy (non-hydrogen) atoms. The summed E-state index contributed by atoms with van der Waals surface area (Å²) in [6.07, 6.45) is 1.83. The molecule has 0 saturated heterocycles. The van der Waals surface area contributed by atoms with E-state index in [9.17, 15) is 0 Å². The molecule has 0 amide bonds. The van der Waals surface area contributed by atoms with E-state index in [1.807, 2.05) is 17.7 Å². The quantitative estimate of drug-likeness (QED) is 0.639. The summed E-state index contributed by atoms with van der Waals surface area (Å²) in [5.41, 5.74) is 0. The van der Waals surface area contributed by atoms with Gasteiger partial charge in [-0.15, -0.1) is 0 Å². The molecule has 0 bridgehead atoms. The van der Waals surface area contributed by atoms with Crippen LogP contribution in [0.1, 0.15) is 5.82 Å². The van der Waals surface area contributed by atoms with Gasteiger partial charge in [0.25, 0.3) is 0 Å². The van der Waals surface area contributed by atoms with Crippen molar-refractivity contribution in [3.63, 3.8) is 0 Å². The molecule has 4 nitrogen and oxygen atoms in total. The average Bonchev–Trinajstić information content (AvgIpc) is 2.33. The highest BCUT2D eigenvalue weighted by atomic mass is 32.2. The van der Waals surface area contributed by atoms with E-state index in [-0.39, 0.29) is 6.61 Å². The summed E-state index contributed by atoms with van der Waals surface area (Å²) in [7, 11) is 0. The molecule has 0 atom stereocenters. The average molecular weight is 173 g/mol. The van der Waals surface area contributed by atoms with Gasteiger partial charge in [-0.3, -0.25) is 5.14 Å². The van der Waals surface area contributed by atoms with Crippen LogP contribution in [0.15, 0.2) is 11.2 Å². The summed E-state index contributed by atoms with van der Waals surface area (Å²) in [5.74, 6) is 0.881. The maximum Gasteiger partial charge on any atom is 0.129 e. The van der Waals surface area contributed by atoms with Gasteiger partial charge in [0.2, 0.25) is 0 Å². The molecule has 1 aromatic heterocycles. The first-order chi connectivity index (χ1) is 5.27. The zero-order valence-corrected chi connectivity index (χ0v) is 7.14. The second-order valence-corrected chi connectivity index (χ2v) is 2.82. The molecule has 1 aromatic rings. The Bertz CT molecular complexity index is 236. The Hall–Kier alpha value is -0.520. The number of nitrogens with zero attached hydrogens (tertiary/aromatic N) is 2. The molecule has 62 valence electrons. The van der Waals surface area contributed by atoms with E-state index < -0.39 is 0 Å². The Kier molecular flexibility index (Phi) is 2.92. The van der Waals surface area contributed by atoms with Crippen molar-refractivity contribution >= 4 is 11.9 Å². The normalized spacial score (nSPS) is 10.5. The van der Waals surface area contributed by atoms with Crippen LogP contribution in [0.4, 0.5) is 0 Å². The van der Waals surface area contributed by atoms with Gasteiger partial charge in [-0.25, -0.2) is 4.98 Å². The van der Waals surface area contributed by atoms with Crippen molar-refractivity contribution in [1.29, 1.82) is 0 Å². The molecular weight excluding hydrogens is 162 g/mol. The molecular formula is C6H11N3OS. The zero-order chi connectivity index (χ0) is 8.27. The molecule has 0 fully saturated rings. The van der Waals surface area contributed by atoms with Crippen LogP contribution >= 0.6 is 11.9 Å². The van der Waals surface area contributed by atoms with Crippen molar-refractivity contribution in [3.8, 4) is 0 Å². The van der Waals surface area contributed by atoms with Crippen molar-refractivity contribution in [3.05, 3.63) is 12.0 Å². The highest BCUT2D eigenvalue weighted by molar-refractivity contribution is 7.97. The number of imidazole rings is 1. The van der Waals surface area contributed by atoms with E-state index in [4.69, 9.17) is 10.2 Å². The first kappa shape index (κ1) is 8.58. The van der Waals surface area contributed by atoms with Gasteiger partial charge in [0.05, 0.1) is 6.61 Å². The molecule has 0 radical (unpaired) electrons. The van der Waals surface area contributed by atoms with Crippen LogP contribution in [0.25, 0.3) is 0 Å². The van der Waals surface area contributed by atoms with Gasteiger partial charge in [0.15, 0.2) is 0 Å². The minimum Gasteiger partial charge on any atom is -0.395 e. The van der Waals surface area contributed by atoms with Crippen LogP contribution < -0.4 is 5.14 Å². The first-order valence-corrected chi connectivity index (χ1v) is 4.17. The van der Waals surface area contributed by atoms with E-state index >= 15 is 0 Å². The molecule has 0 aliphatic heterocycles. The molecule has 0 aliphatic rings. The predicted molar refractivity (Wildman–Crippen MR) is 44.1 cm³/mol. The minimum absolute atomic E-state index is 0.131. The second-order valence-electron chi connectivity index (χ2n) is 2.16. The topological polar surface area (TPSA) is 64.1 Å². The number of aliphatic hydroxyl groups is 1. The van der Waals surface area contributed by atoms with E-state index in [0.29, 0.717) is 6.54 Å². The molecule has 5 heteroatoms. The largest absolute Gasteiger partial charge is 0.395 e. The monoisotopic (exact) mass is 173 g/mol. The summed E-state index contributed by atoms with van der Waals surface area (Å²) in [5, 5.41) is 14.7. The van der Waals surface area contributed by atoms with Crippen LogP contribution in [0.5, 0.6) is 0 Å². The van der Waals surface area contributed by atoms with Gasteiger partial charge < -0.3 is 9.67 Å². The number of hydrogen-bond acceptors (Lipinski definition) is 4. The second kappa shape index (κ2) is 3.75. The minimum atomic E-state index is 0.131. The number of nitrogens with two attached hydrogens (primary N) is 1. The summed E-state index contributed by atoms with van der Waals surface area (Å²) in [6, 6.07) is 0. The van der Waals surface area contributed by atoms with Crippen molar-refractivity contribution in [2.45, 2.75) is 18.5 Å². The maximum atomic E-state index is 8.64. The van der Waals surface area contributed by atoms with Crippen molar-refractivity contribution in [1.82, 2.24) is 9.55 Å². The van der Waals surface area contributed by atoms with Crippen molar-refractivity contribution < 1.29 is 5.11 Å². The Balaban J connectivity index is 2.79. The van der Waals surface area contributed by atoms with Crippen LogP contribution in [0.3, 0.4) is 0 Å². The fourth-order valence-electron chi connectivity index (χ4n) is 0.870. The molecule has 0 unspecified atom stereocenters. The molecule has 0 spiro atoms. The van der Waals surface area contributed by atoms with Crippen LogP contribution in [-0.2, 0) is 6.54 Å². The Morgan fingerprint density at radius 1 is 1.82 bits per heavy atom. The van der Waals surface area contributed by atoms with Crippen LogP contribution in [-0.4, -0.2) is 21.3 Å². The molecule has 1 heterocycles. The Morgan fingerprint density at radius 3 is 3.00 bits per heavy atom. The lowest BCUT2D eigenvalue weighted by Gasteiger charge is -1.98. The lowest BCUT2D eigenvalue weighted by atomic mass is 10.6. The Morgan fingerprint density at radius 2 is 2.55 bits per heavy atom. The summed E-state index contributed by atoms with van der Waals surface area (Å²) >= 11 is 1.12. The van der Waals surface area contributed by atoms with Gasteiger partial charge in [-0.1, -0.05) is 0 Å². The third-order valence-electron chi connectivity index (χ3n) is 1.42. The third-order valence-corrected chi connectivity index (χ3v) is 1.85. The molecule has 0 saturated carbocycles. The standard InChI is InChI=1S/C6H11N3OS/c1-5-8-6(11-7)4-9(5)2-3-10/h4,10H,2-3,7H2,1H3. The fourth-order valence-corrected chi connectivity index (χ4v) is 1.24. The maximum absolute atomic E-state index is 8.64. The number of aliphatic hydroxyl groups excluding tert-OH is 1. The van der Waals surface area contributed by atoms with Crippen molar-refractivity contribution in [2.75, 3.05) is 6.61 Å². The summed E-state index contributed by atoms with van der Waals surface area (Å²) in [4.78, 5) is 4.14. The van der Waals surface area contributed by atoms with E-state index in [1.54, 1.807) is 0 Å². The van der Waals surface area contributed by atoms with Gasteiger partial charge in [0.1, 0.15) is 10.9 Å². The molecule has 3 N–H and O–H groups in total. The van der Waals surface area contributed by atoms with Gasteiger partial charge >= 0.3 is 0 Å². The molecule has 0 aliphatic carbocycles. The fraction of sp³-hybridized carbons (Fsp3) is 0.500. The zero-order valence-electron chi connectivity index (χ0n) is 6.32. The smallest absolute Gasteiger partial charge is 0.129 e. The summed E-state index contributed by atoms with van der Waals surface area (Å²) in [6.45, 7) is 2.60. The number of aromatic nitrogens is 2. The lowest BCUT2D eigenvalue weighted by Crippen LogP contribution is -2.02. The van der Waals surface area contributed by atoms with Gasteiger partial charge in [0, 0.05) is 12.7 Å². The lowest BCUT2D eigenvalue weighted by molar-refractivity contribution is 0.274. The predicted octanol–water partition coefficient (Wildman–Crippen LogP) is 0.150. The highest BCUT2D eigenvalue weighted by Gasteiger charge is 2.01. The van der Waals surface area contributed by atoms with Gasteiger partial charge in [-0.2, -0.15) is 0 Å². The van der Waals surface area contributed by atoms with E-state index in [2.05, 4.69) is 4.98 Å². The number of aryl methyl sites for hydroxylation is 1. The third kappa shape index (κ3) is 1.95. The van der Waals surface area contributed by atoms with Crippen LogP contribution in [0, 0.1) is 6.92 Å². The SMILES string of the molecule is Cc1nc(SN)cn1CCO. The number of hydrogen-bond donors (Lipinski definition) is 2. The molecule has 1 rings (SSSR count). The van der Waals surface area contributed by atoms with E-state index in [1.165, 1.54) is 0 Å². The molecule has 0 aromatic carbocycles. The van der Waals surface area contributed by atoms with Crippen LogP contribution in [0.2, 0.25) is 0 Å². The van der Waals surface area contributed by atoms with E-state index in [0.717, 1.165) is 22.8 Å². The van der Waals surface area contributed by atoms with Gasteiger partial charge in [-0.05, 0) is 18.9 Å². The first-order valence-electron chi connectivity index (χ1n) is 3.29. The Labute approximate surface area is 69.6 Å².